The van der Waals surface area contributed by atoms with Gasteiger partial charge in [-0.05, 0) is 29.0 Å². The molecular weight excluding hydrogens is 307 g/mol. The first-order chi connectivity index (χ1) is 11.1. The van der Waals surface area contributed by atoms with Gasteiger partial charge in [0.2, 0.25) is 0 Å². The van der Waals surface area contributed by atoms with E-state index >= 15 is 0 Å². The highest BCUT2D eigenvalue weighted by atomic mass is 19.1. The second-order valence-corrected chi connectivity index (χ2v) is 5.24. The van der Waals surface area contributed by atoms with Crippen LogP contribution in [0.25, 0.3) is 5.69 Å². The molecule has 2 aromatic rings. The van der Waals surface area contributed by atoms with Crippen LogP contribution < -0.4 is 10.4 Å². The zero-order chi connectivity index (χ0) is 16.4. The standard InChI is InChI=1S/C14H17FN4O4/c1-9-5-12(19-14(20)18(2)16-17-19)13(6-11(9)15)23-8-10-7-21-3-4-22-10/h5-6,10H,3-4,7-8H2,1-2H3. The molecule has 0 aliphatic carbocycles. The van der Waals surface area contributed by atoms with Gasteiger partial charge in [-0.2, -0.15) is 9.36 Å². The lowest BCUT2D eigenvalue weighted by atomic mass is 10.2. The van der Waals surface area contributed by atoms with E-state index in [0.29, 0.717) is 31.1 Å². The summed E-state index contributed by atoms with van der Waals surface area (Å²) >= 11 is 0. The van der Waals surface area contributed by atoms with Crippen LogP contribution in [-0.4, -0.2) is 52.3 Å². The van der Waals surface area contributed by atoms with E-state index in [0.717, 1.165) is 9.36 Å². The van der Waals surface area contributed by atoms with Crippen LogP contribution in [0.1, 0.15) is 5.56 Å². The van der Waals surface area contributed by atoms with Crippen molar-refractivity contribution in [1.82, 2.24) is 19.8 Å². The lowest BCUT2D eigenvalue weighted by molar-refractivity contribution is -0.101. The fourth-order valence-corrected chi connectivity index (χ4v) is 2.21. The first kappa shape index (κ1) is 15.6. The Morgan fingerprint density at radius 2 is 2.22 bits per heavy atom. The van der Waals surface area contributed by atoms with Gasteiger partial charge in [0.05, 0.1) is 19.8 Å². The number of nitrogens with zero attached hydrogens (tertiary/aromatic N) is 4. The molecule has 1 atom stereocenters. The van der Waals surface area contributed by atoms with Crippen LogP contribution >= 0.6 is 0 Å². The molecule has 2 heterocycles. The van der Waals surface area contributed by atoms with Crippen LogP contribution in [0.15, 0.2) is 16.9 Å². The number of halogens is 1. The van der Waals surface area contributed by atoms with Gasteiger partial charge in [0.1, 0.15) is 30.0 Å². The zero-order valence-electron chi connectivity index (χ0n) is 12.9. The maximum absolute atomic E-state index is 13.9. The Kier molecular flexibility index (Phi) is 4.39. The first-order valence-corrected chi connectivity index (χ1v) is 7.18. The third-order valence-corrected chi connectivity index (χ3v) is 3.50. The van der Waals surface area contributed by atoms with Crippen molar-refractivity contribution in [1.29, 1.82) is 0 Å². The number of benzene rings is 1. The molecule has 124 valence electrons. The van der Waals surface area contributed by atoms with Crippen LogP contribution in [0.4, 0.5) is 4.39 Å². The van der Waals surface area contributed by atoms with Crippen molar-refractivity contribution in [3.05, 3.63) is 34.0 Å². The van der Waals surface area contributed by atoms with Gasteiger partial charge in [0.15, 0.2) is 0 Å². The molecule has 3 rings (SSSR count). The van der Waals surface area contributed by atoms with Crippen LogP contribution in [-0.2, 0) is 16.5 Å². The van der Waals surface area contributed by atoms with Crippen molar-refractivity contribution in [3.63, 3.8) is 0 Å². The number of ether oxygens (including phenoxy) is 3. The quantitative estimate of drug-likeness (QED) is 0.800. The molecule has 0 N–H and O–H groups in total. The van der Waals surface area contributed by atoms with Crippen LogP contribution in [0.5, 0.6) is 5.75 Å². The third kappa shape index (κ3) is 3.25. The summed E-state index contributed by atoms with van der Waals surface area (Å²) in [6.07, 6.45) is -0.237. The zero-order valence-corrected chi connectivity index (χ0v) is 12.9. The minimum absolute atomic E-state index is 0.185. The lowest BCUT2D eigenvalue weighted by Gasteiger charge is -2.23. The summed E-state index contributed by atoms with van der Waals surface area (Å²) < 4.78 is 32.5. The highest BCUT2D eigenvalue weighted by Crippen LogP contribution is 2.25. The number of tetrazole rings is 1. The monoisotopic (exact) mass is 324 g/mol. The van der Waals surface area contributed by atoms with Crippen molar-refractivity contribution in [2.75, 3.05) is 26.4 Å². The van der Waals surface area contributed by atoms with E-state index in [1.807, 2.05) is 0 Å². The Morgan fingerprint density at radius 3 is 2.87 bits per heavy atom. The first-order valence-electron chi connectivity index (χ1n) is 7.18. The number of rotatable bonds is 4. The molecule has 0 bridgehead atoms. The van der Waals surface area contributed by atoms with E-state index in [1.165, 1.54) is 19.2 Å². The Labute approximate surface area is 131 Å². The maximum Gasteiger partial charge on any atom is 0.368 e. The van der Waals surface area contributed by atoms with Crippen LogP contribution in [0.2, 0.25) is 0 Å². The topological polar surface area (TPSA) is 80.4 Å². The van der Waals surface area contributed by atoms with E-state index in [1.54, 1.807) is 6.92 Å². The molecule has 0 spiro atoms. The van der Waals surface area contributed by atoms with E-state index < -0.39 is 11.5 Å². The van der Waals surface area contributed by atoms with Gasteiger partial charge in [0, 0.05) is 13.1 Å². The number of hydrogen-bond acceptors (Lipinski definition) is 6. The smallest absolute Gasteiger partial charge is 0.368 e. The summed E-state index contributed by atoms with van der Waals surface area (Å²) in [5.41, 5.74) is 0.263. The van der Waals surface area contributed by atoms with E-state index in [2.05, 4.69) is 10.4 Å². The second-order valence-electron chi connectivity index (χ2n) is 5.24. The molecule has 1 aromatic heterocycles. The van der Waals surface area contributed by atoms with E-state index in [9.17, 15) is 9.18 Å². The third-order valence-electron chi connectivity index (χ3n) is 3.50. The van der Waals surface area contributed by atoms with Crippen LogP contribution in [0, 0.1) is 12.7 Å². The summed E-state index contributed by atoms with van der Waals surface area (Å²) in [4.78, 5) is 12.0. The summed E-state index contributed by atoms with van der Waals surface area (Å²) in [6, 6.07) is 2.73. The SMILES string of the molecule is Cc1cc(-n2nnn(C)c2=O)c(OCC2COCCO2)cc1F. The Balaban J connectivity index is 1.90. The van der Waals surface area contributed by atoms with E-state index in [4.69, 9.17) is 14.2 Å². The predicted molar refractivity (Wildman–Crippen MR) is 77.3 cm³/mol. The molecule has 0 saturated carbocycles. The molecule has 8 nitrogen and oxygen atoms in total. The predicted octanol–water partition coefficient (Wildman–Crippen LogP) is 0.208. The normalized spacial score (nSPS) is 18.1. The van der Waals surface area contributed by atoms with Gasteiger partial charge in [-0.15, -0.1) is 0 Å². The summed E-state index contributed by atoms with van der Waals surface area (Å²) in [5, 5.41) is 7.43. The van der Waals surface area contributed by atoms with Crippen molar-refractivity contribution in [3.8, 4) is 11.4 Å². The fourth-order valence-electron chi connectivity index (χ4n) is 2.21. The van der Waals surface area contributed by atoms with Gasteiger partial charge in [-0.3, -0.25) is 0 Å². The molecule has 1 unspecified atom stereocenters. The second kappa shape index (κ2) is 6.47. The molecule has 1 aromatic carbocycles. The van der Waals surface area contributed by atoms with Crippen molar-refractivity contribution in [2.24, 2.45) is 7.05 Å². The Morgan fingerprint density at radius 1 is 1.39 bits per heavy atom. The van der Waals surface area contributed by atoms with Crippen molar-refractivity contribution in [2.45, 2.75) is 13.0 Å². The van der Waals surface area contributed by atoms with Crippen LogP contribution in [0.3, 0.4) is 0 Å². The Bertz CT molecular complexity index is 752. The summed E-state index contributed by atoms with van der Waals surface area (Å²) in [6.45, 7) is 3.24. The van der Waals surface area contributed by atoms with Gasteiger partial charge in [0.25, 0.3) is 0 Å². The molecule has 1 aliphatic heterocycles. The molecule has 1 aliphatic rings. The fraction of sp³-hybridized carbons (Fsp3) is 0.500. The number of aromatic nitrogens is 4. The lowest BCUT2D eigenvalue weighted by Crippen LogP contribution is -2.33. The molecule has 1 saturated heterocycles. The Hall–Kier alpha value is -2.26. The molecule has 23 heavy (non-hydrogen) atoms. The highest BCUT2D eigenvalue weighted by molar-refractivity contribution is 5.48. The molecule has 0 radical (unpaired) electrons. The minimum atomic E-state index is -0.446. The van der Waals surface area contributed by atoms with Gasteiger partial charge >= 0.3 is 5.69 Å². The average Bonchev–Trinajstić information content (AvgIpc) is 2.89. The largest absolute Gasteiger partial charge is 0.488 e. The van der Waals surface area contributed by atoms with Gasteiger partial charge in [-0.1, -0.05) is 0 Å². The molecule has 0 amide bonds. The highest BCUT2D eigenvalue weighted by Gasteiger charge is 2.19. The molecular formula is C14H17FN4O4. The van der Waals surface area contributed by atoms with Crippen molar-refractivity contribution < 1.29 is 18.6 Å². The summed E-state index contributed by atoms with van der Waals surface area (Å²) in [5.74, 6) is -0.230. The number of hydrogen-bond donors (Lipinski definition) is 0. The number of aryl methyl sites for hydroxylation is 2. The molecule has 9 heteroatoms. The van der Waals surface area contributed by atoms with E-state index in [-0.39, 0.29) is 18.5 Å². The minimum Gasteiger partial charge on any atom is -0.488 e. The maximum atomic E-state index is 13.9. The molecule has 1 fully saturated rings. The summed E-state index contributed by atoms with van der Waals surface area (Å²) in [7, 11) is 1.48. The van der Waals surface area contributed by atoms with Crippen molar-refractivity contribution >= 4 is 0 Å². The average molecular weight is 324 g/mol. The van der Waals surface area contributed by atoms with Gasteiger partial charge < -0.3 is 14.2 Å². The van der Waals surface area contributed by atoms with Gasteiger partial charge in [-0.25, -0.2) is 9.18 Å².